The van der Waals surface area contributed by atoms with Crippen LogP contribution in [-0.4, -0.2) is 21.9 Å². The van der Waals surface area contributed by atoms with Crippen LogP contribution in [0.5, 0.6) is 5.75 Å². The summed E-state index contributed by atoms with van der Waals surface area (Å²) in [7, 11) is 0. The molecule has 118 valence electrons. The molecule has 6 heteroatoms. The van der Waals surface area contributed by atoms with E-state index in [0.717, 1.165) is 16.7 Å². The number of aromatic hydroxyl groups is 1. The summed E-state index contributed by atoms with van der Waals surface area (Å²) in [4.78, 5) is 27.2. The summed E-state index contributed by atoms with van der Waals surface area (Å²) >= 11 is 0. The number of nitrogens with one attached hydrogen (secondary N) is 1. The van der Waals surface area contributed by atoms with Crippen LogP contribution < -0.4 is 11.1 Å². The molecule has 1 aromatic heterocycles. The van der Waals surface area contributed by atoms with E-state index in [1.54, 1.807) is 24.4 Å². The number of aromatic nitrogens is 1. The van der Waals surface area contributed by atoms with Gasteiger partial charge in [-0.2, -0.15) is 0 Å². The Labute approximate surface area is 133 Å². The summed E-state index contributed by atoms with van der Waals surface area (Å²) in [5.74, 6) is -0.727. The number of phenolic OH excluding ortho intramolecular Hbond substituents is 1. The first-order chi connectivity index (χ1) is 11.0. The molecule has 0 aliphatic heterocycles. The van der Waals surface area contributed by atoms with Crippen LogP contribution in [0.2, 0.25) is 0 Å². The minimum absolute atomic E-state index is 0.236. The summed E-state index contributed by atoms with van der Waals surface area (Å²) in [6.45, 7) is 1.82. The number of hydrogen-bond acceptors (Lipinski definition) is 4. The topological polar surface area (TPSA) is 105 Å². The molecule has 1 fully saturated rings. The number of hydrogen-bond donors (Lipinski definition) is 3. The van der Waals surface area contributed by atoms with Crippen molar-refractivity contribution in [2.24, 2.45) is 17.6 Å². The summed E-state index contributed by atoms with van der Waals surface area (Å²) < 4.78 is 0. The Kier molecular flexibility index (Phi) is 3.73. The van der Waals surface area contributed by atoms with Gasteiger partial charge in [-0.3, -0.25) is 9.59 Å². The molecule has 6 nitrogen and oxygen atoms in total. The van der Waals surface area contributed by atoms with Crippen LogP contribution in [0.3, 0.4) is 0 Å². The number of primary amides is 1. The molecule has 1 saturated carbocycles. The lowest BCUT2D eigenvalue weighted by Crippen LogP contribution is -2.21. The molecule has 0 radical (unpaired) electrons. The van der Waals surface area contributed by atoms with E-state index in [4.69, 9.17) is 5.73 Å². The van der Waals surface area contributed by atoms with E-state index in [9.17, 15) is 14.7 Å². The third-order valence-electron chi connectivity index (χ3n) is 4.03. The molecule has 1 aliphatic rings. The molecule has 2 atom stereocenters. The minimum Gasteiger partial charge on any atom is -0.508 e. The number of rotatable bonds is 4. The zero-order valence-electron chi connectivity index (χ0n) is 12.6. The number of benzene rings is 1. The molecule has 0 unspecified atom stereocenters. The molecule has 1 aliphatic carbocycles. The van der Waals surface area contributed by atoms with Crippen molar-refractivity contribution in [1.82, 2.24) is 4.98 Å². The van der Waals surface area contributed by atoms with Crippen molar-refractivity contribution >= 4 is 17.6 Å². The Morgan fingerprint density at radius 3 is 2.61 bits per heavy atom. The highest BCUT2D eigenvalue weighted by Gasteiger charge is 2.47. The van der Waals surface area contributed by atoms with Gasteiger partial charge in [0.1, 0.15) is 11.6 Å². The number of nitrogens with two attached hydrogens (primary N) is 1. The van der Waals surface area contributed by atoms with Gasteiger partial charge in [0, 0.05) is 6.20 Å². The molecule has 4 N–H and O–H groups in total. The van der Waals surface area contributed by atoms with Gasteiger partial charge in [-0.05, 0) is 54.3 Å². The van der Waals surface area contributed by atoms with E-state index >= 15 is 0 Å². The normalized spacial score (nSPS) is 19.2. The Bertz CT molecular complexity index is 788. The molecule has 0 saturated heterocycles. The third kappa shape index (κ3) is 3.15. The van der Waals surface area contributed by atoms with Crippen LogP contribution in [-0.2, 0) is 9.59 Å². The number of pyridine rings is 1. The van der Waals surface area contributed by atoms with Crippen molar-refractivity contribution in [3.8, 4) is 16.9 Å². The second kappa shape index (κ2) is 5.72. The molecule has 3 rings (SSSR count). The lowest BCUT2D eigenvalue weighted by Gasteiger charge is -2.08. The minimum atomic E-state index is -0.438. The van der Waals surface area contributed by atoms with Gasteiger partial charge in [-0.25, -0.2) is 4.98 Å². The lowest BCUT2D eigenvalue weighted by atomic mass is 10.0. The maximum atomic E-state index is 12.0. The zero-order chi connectivity index (χ0) is 16.6. The predicted molar refractivity (Wildman–Crippen MR) is 85.5 cm³/mol. The SMILES string of the molecule is Cc1cc(-c2ccnc(NC(=O)[C@@H]3C[C@@H]3C(N)=O)c2)ccc1O. The van der Waals surface area contributed by atoms with Crippen LogP contribution in [0.25, 0.3) is 11.1 Å². The molecule has 1 aromatic carbocycles. The maximum Gasteiger partial charge on any atom is 0.229 e. The van der Waals surface area contributed by atoms with E-state index in [1.165, 1.54) is 0 Å². The molecule has 1 heterocycles. The van der Waals surface area contributed by atoms with Crippen LogP contribution in [0, 0.1) is 18.8 Å². The standard InChI is InChI=1S/C17H17N3O3/c1-9-6-10(2-3-14(9)21)11-4-5-19-15(7-11)20-17(23)13-8-12(13)16(18)22/h2-7,12-13,21H,8H2,1H3,(H2,18,22)(H,19,20,23)/t12-,13+/m0/s1. The predicted octanol–water partition coefficient (Wildman–Crippen LogP) is 1.82. The Balaban J connectivity index is 1.76. The number of anilines is 1. The summed E-state index contributed by atoms with van der Waals surface area (Å²) in [6.07, 6.45) is 2.10. The summed E-state index contributed by atoms with van der Waals surface area (Å²) in [5, 5.41) is 12.3. The van der Waals surface area contributed by atoms with Crippen molar-refractivity contribution < 1.29 is 14.7 Å². The Hall–Kier alpha value is -2.89. The van der Waals surface area contributed by atoms with Crippen molar-refractivity contribution in [3.63, 3.8) is 0 Å². The molecular weight excluding hydrogens is 294 g/mol. The van der Waals surface area contributed by atoms with E-state index < -0.39 is 5.91 Å². The molecule has 2 aromatic rings. The van der Waals surface area contributed by atoms with Gasteiger partial charge in [0.15, 0.2) is 0 Å². The van der Waals surface area contributed by atoms with Crippen molar-refractivity contribution in [2.75, 3.05) is 5.32 Å². The highest BCUT2D eigenvalue weighted by molar-refractivity contribution is 5.98. The molecule has 0 bridgehead atoms. The number of amides is 2. The number of carbonyl (C=O) groups excluding carboxylic acids is 2. The van der Waals surface area contributed by atoms with Gasteiger partial charge in [0.2, 0.25) is 11.8 Å². The average Bonchev–Trinajstić information content (AvgIpc) is 3.31. The van der Waals surface area contributed by atoms with Gasteiger partial charge >= 0.3 is 0 Å². The quantitative estimate of drug-likeness (QED) is 0.801. The molecular formula is C17H17N3O3. The first-order valence-electron chi connectivity index (χ1n) is 7.32. The van der Waals surface area contributed by atoms with Gasteiger partial charge in [0.05, 0.1) is 11.8 Å². The summed E-state index contributed by atoms with van der Waals surface area (Å²) in [6, 6.07) is 8.87. The second-order valence-electron chi connectivity index (χ2n) is 5.77. The lowest BCUT2D eigenvalue weighted by molar-refractivity contribution is -0.123. The second-order valence-corrected chi connectivity index (χ2v) is 5.77. The monoisotopic (exact) mass is 311 g/mol. The fraction of sp³-hybridized carbons (Fsp3) is 0.235. The first kappa shape index (κ1) is 15.0. The number of nitrogens with zero attached hydrogens (tertiary/aromatic N) is 1. The molecule has 0 spiro atoms. The van der Waals surface area contributed by atoms with Crippen molar-refractivity contribution in [3.05, 3.63) is 42.1 Å². The van der Waals surface area contributed by atoms with Gasteiger partial charge in [-0.1, -0.05) is 6.07 Å². The van der Waals surface area contributed by atoms with E-state index in [-0.39, 0.29) is 23.5 Å². The number of phenols is 1. The van der Waals surface area contributed by atoms with Crippen molar-refractivity contribution in [1.29, 1.82) is 0 Å². The van der Waals surface area contributed by atoms with E-state index in [2.05, 4.69) is 10.3 Å². The fourth-order valence-electron chi connectivity index (χ4n) is 2.53. The van der Waals surface area contributed by atoms with Gasteiger partial charge in [0.25, 0.3) is 0 Å². The van der Waals surface area contributed by atoms with E-state index in [0.29, 0.717) is 12.2 Å². The average molecular weight is 311 g/mol. The smallest absolute Gasteiger partial charge is 0.229 e. The van der Waals surface area contributed by atoms with Crippen LogP contribution in [0.1, 0.15) is 12.0 Å². The fourth-order valence-corrected chi connectivity index (χ4v) is 2.53. The number of carbonyl (C=O) groups is 2. The Morgan fingerprint density at radius 1 is 1.22 bits per heavy atom. The van der Waals surface area contributed by atoms with Crippen LogP contribution >= 0.6 is 0 Å². The van der Waals surface area contributed by atoms with E-state index in [1.807, 2.05) is 19.1 Å². The van der Waals surface area contributed by atoms with Crippen molar-refractivity contribution in [2.45, 2.75) is 13.3 Å². The molecule has 2 amide bonds. The largest absolute Gasteiger partial charge is 0.508 e. The zero-order valence-corrected chi connectivity index (χ0v) is 12.6. The van der Waals surface area contributed by atoms with Crippen LogP contribution in [0.4, 0.5) is 5.82 Å². The Morgan fingerprint density at radius 2 is 1.96 bits per heavy atom. The van der Waals surface area contributed by atoms with Gasteiger partial charge in [-0.15, -0.1) is 0 Å². The highest BCUT2D eigenvalue weighted by atomic mass is 16.3. The van der Waals surface area contributed by atoms with Gasteiger partial charge < -0.3 is 16.2 Å². The number of aryl methyl sites for hydroxylation is 1. The first-order valence-corrected chi connectivity index (χ1v) is 7.32. The van der Waals surface area contributed by atoms with Crippen LogP contribution in [0.15, 0.2) is 36.5 Å². The molecule has 23 heavy (non-hydrogen) atoms. The summed E-state index contributed by atoms with van der Waals surface area (Å²) in [5.41, 5.74) is 7.75. The highest BCUT2D eigenvalue weighted by Crippen LogP contribution is 2.39. The maximum absolute atomic E-state index is 12.0. The third-order valence-corrected chi connectivity index (χ3v) is 4.03.